The van der Waals surface area contributed by atoms with Gasteiger partial charge in [0, 0.05) is 40.8 Å². The number of aryl methyl sites for hydroxylation is 2. The number of ether oxygens (including phenoxy) is 4. The Labute approximate surface area is 220 Å². The van der Waals surface area contributed by atoms with E-state index in [1.54, 1.807) is 29.7 Å². The van der Waals surface area contributed by atoms with Crippen LogP contribution in [0.3, 0.4) is 0 Å². The summed E-state index contributed by atoms with van der Waals surface area (Å²) in [5.41, 5.74) is 2.87. The molecule has 2 aromatic carbocycles. The number of aromatic amines is 1. The molecule has 4 rings (SSSR count). The Kier molecular flexibility index (Phi) is 7.95. The van der Waals surface area contributed by atoms with Crippen molar-refractivity contribution in [3.8, 4) is 23.0 Å². The van der Waals surface area contributed by atoms with Crippen molar-refractivity contribution in [3.05, 3.63) is 81.4 Å². The lowest BCUT2D eigenvalue weighted by atomic mass is 9.87. The average Bonchev–Trinajstić information content (AvgIpc) is 3.34. The Morgan fingerprint density at radius 2 is 1.76 bits per heavy atom. The third kappa shape index (κ3) is 4.91. The van der Waals surface area contributed by atoms with Gasteiger partial charge in [0.05, 0.1) is 40.4 Å². The summed E-state index contributed by atoms with van der Waals surface area (Å²) < 4.78 is 23.1. The van der Waals surface area contributed by atoms with Crippen molar-refractivity contribution in [3.63, 3.8) is 0 Å². The standard InChI is InChI=1S/C29H32N2O7/c1-17-14-23(32)26(29(34)31(17)13-12-18-16-30-22-9-7-6-8-19(18)22)21(15-25(33)36-3)20-10-11-24(35-2)28(38-5)27(20)37-4/h6-11,14,16,21,30,32H,12-13,15H2,1-5H3. The van der Waals surface area contributed by atoms with Gasteiger partial charge in [-0.25, -0.2) is 0 Å². The van der Waals surface area contributed by atoms with Gasteiger partial charge in [0.15, 0.2) is 11.5 Å². The first-order valence-electron chi connectivity index (χ1n) is 12.2. The van der Waals surface area contributed by atoms with Gasteiger partial charge < -0.3 is 33.6 Å². The SMILES string of the molecule is COC(=O)CC(c1ccc(OC)c(OC)c1OC)c1c(O)cc(C)n(CCc2c[nH]c3ccccc23)c1=O. The minimum absolute atomic E-state index is 0.0745. The van der Waals surface area contributed by atoms with Crippen LogP contribution < -0.4 is 19.8 Å². The fourth-order valence-corrected chi connectivity index (χ4v) is 4.96. The number of pyridine rings is 1. The highest BCUT2D eigenvalue weighted by Crippen LogP contribution is 2.46. The minimum atomic E-state index is -0.871. The number of nitrogens with zero attached hydrogens (tertiary/aromatic N) is 1. The molecule has 0 amide bonds. The predicted molar refractivity (Wildman–Crippen MR) is 144 cm³/mol. The molecule has 0 aliphatic rings. The molecule has 0 spiro atoms. The number of hydrogen-bond donors (Lipinski definition) is 2. The maximum Gasteiger partial charge on any atom is 0.306 e. The predicted octanol–water partition coefficient (Wildman–Crippen LogP) is 4.31. The number of rotatable bonds is 10. The normalized spacial score (nSPS) is 11.8. The molecule has 2 aromatic heterocycles. The summed E-state index contributed by atoms with van der Waals surface area (Å²) in [6, 6.07) is 12.9. The Morgan fingerprint density at radius 1 is 1.03 bits per heavy atom. The number of nitrogens with one attached hydrogen (secondary N) is 1. The zero-order valence-electron chi connectivity index (χ0n) is 22.2. The number of H-pyrrole nitrogens is 1. The van der Waals surface area contributed by atoms with E-state index < -0.39 is 17.4 Å². The number of fused-ring (bicyclic) bond motifs is 1. The number of esters is 1. The highest BCUT2D eigenvalue weighted by molar-refractivity contribution is 5.83. The fourth-order valence-electron chi connectivity index (χ4n) is 4.96. The molecule has 38 heavy (non-hydrogen) atoms. The molecule has 4 aromatic rings. The summed E-state index contributed by atoms with van der Waals surface area (Å²) in [6.45, 7) is 2.15. The monoisotopic (exact) mass is 520 g/mol. The molecule has 9 nitrogen and oxygen atoms in total. The van der Waals surface area contributed by atoms with Crippen LogP contribution in [0, 0.1) is 6.92 Å². The second-order valence-corrected chi connectivity index (χ2v) is 8.91. The summed E-state index contributed by atoms with van der Waals surface area (Å²) in [6.07, 6.45) is 2.34. The first-order valence-corrected chi connectivity index (χ1v) is 12.2. The molecular weight excluding hydrogens is 488 g/mol. The third-order valence-electron chi connectivity index (χ3n) is 6.86. The van der Waals surface area contributed by atoms with E-state index in [4.69, 9.17) is 18.9 Å². The lowest BCUT2D eigenvalue weighted by Crippen LogP contribution is -2.29. The van der Waals surface area contributed by atoms with Gasteiger partial charge in [-0.1, -0.05) is 24.3 Å². The molecule has 1 atom stereocenters. The average molecular weight is 521 g/mol. The second-order valence-electron chi connectivity index (χ2n) is 8.91. The van der Waals surface area contributed by atoms with E-state index in [-0.39, 0.29) is 17.7 Å². The summed E-state index contributed by atoms with van der Waals surface area (Å²) >= 11 is 0. The topological polar surface area (TPSA) is 112 Å². The molecule has 0 radical (unpaired) electrons. The van der Waals surface area contributed by atoms with E-state index in [1.165, 1.54) is 28.4 Å². The van der Waals surface area contributed by atoms with Crippen LogP contribution in [0.2, 0.25) is 0 Å². The van der Waals surface area contributed by atoms with Crippen molar-refractivity contribution in [2.45, 2.75) is 32.2 Å². The van der Waals surface area contributed by atoms with Gasteiger partial charge in [0.1, 0.15) is 5.75 Å². The van der Waals surface area contributed by atoms with Crippen LogP contribution in [0.5, 0.6) is 23.0 Å². The summed E-state index contributed by atoms with van der Waals surface area (Å²) in [5.74, 6) is -0.587. The number of carbonyl (C=O) groups is 1. The van der Waals surface area contributed by atoms with E-state index in [9.17, 15) is 14.7 Å². The Morgan fingerprint density at radius 3 is 2.45 bits per heavy atom. The van der Waals surface area contributed by atoms with E-state index in [2.05, 4.69) is 4.98 Å². The number of methoxy groups -OCH3 is 4. The van der Waals surface area contributed by atoms with Gasteiger partial charge in [0.25, 0.3) is 5.56 Å². The van der Waals surface area contributed by atoms with Crippen LogP contribution in [-0.4, -0.2) is 49.1 Å². The van der Waals surface area contributed by atoms with E-state index >= 15 is 0 Å². The molecule has 1 unspecified atom stereocenters. The van der Waals surface area contributed by atoms with Crippen LogP contribution in [0.4, 0.5) is 0 Å². The van der Waals surface area contributed by atoms with Gasteiger partial charge in [-0.15, -0.1) is 0 Å². The first kappa shape index (κ1) is 26.7. The van der Waals surface area contributed by atoms with Crippen molar-refractivity contribution in [1.82, 2.24) is 9.55 Å². The molecule has 9 heteroatoms. The molecule has 0 bridgehead atoms. The van der Waals surface area contributed by atoms with Crippen LogP contribution in [0.1, 0.15) is 34.7 Å². The maximum atomic E-state index is 13.9. The fraction of sp³-hybridized carbons (Fsp3) is 0.310. The molecule has 0 aliphatic carbocycles. The van der Waals surface area contributed by atoms with E-state index in [0.29, 0.717) is 41.5 Å². The molecule has 2 heterocycles. The first-order chi connectivity index (χ1) is 18.3. The second kappa shape index (κ2) is 11.3. The van der Waals surface area contributed by atoms with Crippen LogP contribution >= 0.6 is 0 Å². The minimum Gasteiger partial charge on any atom is -0.507 e. The van der Waals surface area contributed by atoms with Gasteiger partial charge >= 0.3 is 5.97 Å². The van der Waals surface area contributed by atoms with Crippen LogP contribution in [-0.2, 0) is 22.5 Å². The van der Waals surface area contributed by atoms with Gasteiger partial charge in [-0.05, 0) is 37.1 Å². The maximum absolute atomic E-state index is 13.9. The van der Waals surface area contributed by atoms with Crippen molar-refractivity contribution in [2.75, 3.05) is 28.4 Å². The zero-order valence-corrected chi connectivity index (χ0v) is 22.2. The van der Waals surface area contributed by atoms with E-state index in [0.717, 1.165) is 16.5 Å². The molecule has 0 aliphatic heterocycles. The molecule has 0 saturated carbocycles. The Hall–Kier alpha value is -4.40. The molecule has 2 N–H and O–H groups in total. The number of carbonyl (C=O) groups excluding carboxylic acids is 1. The van der Waals surface area contributed by atoms with Crippen molar-refractivity contribution < 1.29 is 28.8 Å². The smallest absolute Gasteiger partial charge is 0.306 e. The number of aromatic hydroxyl groups is 1. The lowest BCUT2D eigenvalue weighted by Gasteiger charge is -2.23. The number of aromatic nitrogens is 2. The summed E-state index contributed by atoms with van der Waals surface area (Å²) in [7, 11) is 5.71. The zero-order chi connectivity index (χ0) is 27.4. The van der Waals surface area contributed by atoms with Gasteiger partial charge in [-0.2, -0.15) is 0 Å². The molecule has 0 fully saturated rings. The van der Waals surface area contributed by atoms with Crippen molar-refractivity contribution >= 4 is 16.9 Å². The van der Waals surface area contributed by atoms with Gasteiger partial charge in [-0.3, -0.25) is 9.59 Å². The largest absolute Gasteiger partial charge is 0.507 e. The summed E-state index contributed by atoms with van der Waals surface area (Å²) in [5, 5.41) is 12.1. The number of benzene rings is 2. The third-order valence-corrected chi connectivity index (χ3v) is 6.86. The molecule has 200 valence electrons. The molecular formula is C29H32N2O7. The highest BCUT2D eigenvalue weighted by Gasteiger charge is 2.31. The lowest BCUT2D eigenvalue weighted by molar-refractivity contribution is -0.140. The van der Waals surface area contributed by atoms with Crippen molar-refractivity contribution in [2.24, 2.45) is 0 Å². The number of hydrogen-bond acceptors (Lipinski definition) is 7. The van der Waals surface area contributed by atoms with Gasteiger partial charge in [0.2, 0.25) is 5.75 Å². The van der Waals surface area contributed by atoms with E-state index in [1.807, 2.05) is 30.5 Å². The number of para-hydroxylation sites is 1. The Balaban J connectivity index is 1.83. The molecule has 0 saturated heterocycles. The summed E-state index contributed by atoms with van der Waals surface area (Å²) in [4.78, 5) is 29.7. The quantitative estimate of drug-likeness (QED) is 0.300. The van der Waals surface area contributed by atoms with Crippen LogP contribution in [0.25, 0.3) is 10.9 Å². The highest BCUT2D eigenvalue weighted by atomic mass is 16.5. The van der Waals surface area contributed by atoms with Crippen molar-refractivity contribution in [1.29, 1.82) is 0 Å². The Bertz CT molecular complexity index is 1520. The van der Waals surface area contributed by atoms with Crippen LogP contribution in [0.15, 0.2) is 53.5 Å².